The molecule has 31 heavy (non-hydrogen) atoms. The molecule has 1 aromatic heterocycles. The number of aryl methyl sites for hydroxylation is 1. The fourth-order valence-electron chi connectivity index (χ4n) is 5.18. The molecule has 172 valence electrons. The van der Waals surface area contributed by atoms with E-state index in [2.05, 4.69) is 28.1 Å². The first kappa shape index (κ1) is 22.3. The Kier molecular flexibility index (Phi) is 7.67. The lowest BCUT2D eigenvalue weighted by molar-refractivity contribution is -0.122. The number of aromatic nitrogens is 1. The van der Waals surface area contributed by atoms with Crippen molar-refractivity contribution in [1.29, 1.82) is 0 Å². The van der Waals surface area contributed by atoms with Gasteiger partial charge >= 0.3 is 0 Å². The Morgan fingerprint density at radius 3 is 2.74 bits per heavy atom. The van der Waals surface area contributed by atoms with Crippen LogP contribution >= 0.6 is 0 Å². The van der Waals surface area contributed by atoms with Crippen LogP contribution in [0.25, 0.3) is 0 Å². The highest BCUT2D eigenvalue weighted by molar-refractivity contribution is 5.76. The highest BCUT2D eigenvalue weighted by atomic mass is 16.5. The summed E-state index contributed by atoms with van der Waals surface area (Å²) in [7, 11) is 1.64. The lowest BCUT2D eigenvalue weighted by atomic mass is 9.84. The van der Waals surface area contributed by atoms with Gasteiger partial charge in [0.05, 0.1) is 13.2 Å². The summed E-state index contributed by atoms with van der Waals surface area (Å²) in [5.74, 6) is 3.11. The molecule has 0 radical (unpaired) electrons. The molecule has 1 amide bonds. The van der Waals surface area contributed by atoms with Gasteiger partial charge in [0.25, 0.3) is 0 Å². The van der Waals surface area contributed by atoms with Crippen LogP contribution in [0.15, 0.2) is 6.07 Å². The zero-order valence-electron chi connectivity index (χ0n) is 19.2. The van der Waals surface area contributed by atoms with E-state index in [-0.39, 0.29) is 5.91 Å². The van der Waals surface area contributed by atoms with Crippen LogP contribution in [0.2, 0.25) is 0 Å². The molecular formula is C24H38N4O3. The van der Waals surface area contributed by atoms with E-state index in [1.54, 1.807) is 7.11 Å². The fraction of sp³-hybridized carbons (Fsp3) is 0.750. The number of amides is 1. The van der Waals surface area contributed by atoms with Gasteiger partial charge in [-0.05, 0) is 51.5 Å². The van der Waals surface area contributed by atoms with Gasteiger partial charge in [0.2, 0.25) is 5.91 Å². The largest absolute Gasteiger partial charge is 0.493 e. The summed E-state index contributed by atoms with van der Waals surface area (Å²) < 4.78 is 10.8. The first-order valence-electron chi connectivity index (χ1n) is 12.0. The van der Waals surface area contributed by atoms with E-state index in [4.69, 9.17) is 14.5 Å². The van der Waals surface area contributed by atoms with Gasteiger partial charge in [-0.1, -0.05) is 0 Å². The number of nitrogens with one attached hydrogen (secondary N) is 1. The quantitative estimate of drug-likeness (QED) is 0.684. The summed E-state index contributed by atoms with van der Waals surface area (Å²) in [6, 6.07) is 2.43. The Morgan fingerprint density at radius 1 is 1.23 bits per heavy atom. The van der Waals surface area contributed by atoms with Crippen LogP contribution < -0.4 is 15.0 Å². The van der Waals surface area contributed by atoms with Crippen molar-refractivity contribution in [3.63, 3.8) is 0 Å². The number of piperazine rings is 1. The molecule has 1 aliphatic carbocycles. The van der Waals surface area contributed by atoms with Crippen LogP contribution in [0.4, 0.5) is 5.82 Å². The number of hydrogen-bond acceptors (Lipinski definition) is 6. The van der Waals surface area contributed by atoms with Gasteiger partial charge < -0.3 is 19.7 Å². The van der Waals surface area contributed by atoms with Crippen molar-refractivity contribution in [2.24, 2.45) is 5.92 Å². The SMILES string of the molecule is COCCC(=O)NC1CCC(CCN2CCN(c3nc(C)cc4c3CCO4)CC2)CC1. The Morgan fingerprint density at radius 2 is 2.00 bits per heavy atom. The maximum atomic E-state index is 11.9. The van der Waals surface area contributed by atoms with E-state index in [1.807, 2.05) is 0 Å². The first-order valence-corrected chi connectivity index (χ1v) is 12.0. The smallest absolute Gasteiger partial charge is 0.222 e. The molecule has 2 aliphatic heterocycles. The maximum absolute atomic E-state index is 11.9. The second kappa shape index (κ2) is 10.6. The number of methoxy groups -OCH3 is 1. The van der Waals surface area contributed by atoms with Crippen LogP contribution in [0.5, 0.6) is 5.75 Å². The summed E-state index contributed by atoms with van der Waals surface area (Å²) in [6.45, 7) is 8.84. The lowest BCUT2D eigenvalue weighted by Crippen LogP contribution is -2.47. The Balaban J connectivity index is 1.16. The molecule has 1 N–H and O–H groups in total. The number of pyridine rings is 1. The van der Waals surface area contributed by atoms with Gasteiger partial charge in [-0.25, -0.2) is 4.98 Å². The third-order valence-corrected chi connectivity index (χ3v) is 7.07. The van der Waals surface area contributed by atoms with Crippen molar-refractivity contribution in [3.8, 4) is 5.75 Å². The van der Waals surface area contributed by atoms with Gasteiger partial charge in [0, 0.05) is 69.5 Å². The van der Waals surface area contributed by atoms with Crippen molar-refractivity contribution < 1.29 is 14.3 Å². The van der Waals surface area contributed by atoms with Gasteiger partial charge in [-0.15, -0.1) is 0 Å². The Labute approximate surface area is 186 Å². The molecule has 1 aromatic rings. The van der Waals surface area contributed by atoms with Crippen LogP contribution in [-0.2, 0) is 16.0 Å². The van der Waals surface area contributed by atoms with Crippen LogP contribution in [0, 0.1) is 12.8 Å². The zero-order valence-corrected chi connectivity index (χ0v) is 19.2. The molecule has 4 rings (SSSR count). The number of nitrogens with zero attached hydrogens (tertiary/aromatic N) is 3. The fourth-order valence-corrected chi connectivity index (χ4v) is 5.18. The van der Waals surface area contributed by atoms with E-state index in [0.29, 0.717) is 19.1 Å². The van der Waals surface area contributed by atoms with Gasteiger partial charge in [-0.3, -0.25) is 9.69 Å². The van der Waals surface area contributed by atoms with Crippen molar-refractivity contribution in [1.82, 2.24) is 15.2 Å². The maximum Gasteiger partial charge on any atom is 0.222 e. The summed E-state index contributed by atoms with van der Waals surface area (Å²) in [4.78, 5) is 21.8. The monoisotopic (exact) mass is 430 g/mol. The van der Waals surface area contributed by atoms with Crippen LogP contribution in [0.3, 0.4) is 0 Å². The standard InChI is InChI=1S/C24H38N4O3/c1-18-17-22-21(8-16-31-22)24(25-18)28-13-11-27(12-14-28)10-7-19-3-5-20(6-4-19)26-23(29)9-15-30-2/h17,19-20H,3-16H2,1-2H3,(H,26,29). The van der Waals surface area contributed by atoms with E-state index >= 15 is 0 Å². The second-order valence-electron chi connectivity index (χ2n) is 9.31. The summed E-state index contributed by atoms with van der Waals surface area (Å²) in [5.41, 5.74) is 2.34. The highest BCUT2D eigenvalue weighted by Gasteiger charge is 2.26. The molecule has 1 saturated carbocycles. The topological polar surface area (TPSA) is 66.9 Å². The summed E-state index contributed by atoms with van der Waals surface area (Å²) in [5, 5.41) is 3.17. The molecule has 2 fully saturated rings. The number of carbonyl (C=O) groups is 1. The van der Waals surface area contributed by atoms with E-state index in [9.17, 15) is 4.79 Å². The molecule has 0 bridgehead atoms. The summed E-state index contributed by atoms with van der Waals surface area (Å²) >= 11 is 0. The molecule has 0 unspecified atom stereocenters. The molecule has 7 nitrogen and oxygen atoms in total. The normalized spacial score (nSPS) is 24.0. The minimum atomic E-state index is 0.128. The van der Waals surface area contributed by atoms with Crippen molar-refractivity contribution in [2.45, 2.75) is 57.9 Å². The van der Waals surface area contributed by atoms with Gasteiger partial charge in [-0.2, -0.15) is 0 Å². The lowest BCUT2D eigenvalue weighted by Gasteiger charge is -2.37. The minimum Gasteiger partial charge on any atom is -0.493 e. The molecule has 0 spiro atoms. The molecule has 3 heterocycles. The van der Waals surface area contributed by atoms with Crippen molar-refractivity contribution in [2.75, 3.05) is 57.9 Å². The average Bonchev–Trinajstić information content (AvgIpc) is 3.25. The molecule has 0 atom stereocenters. The third-order valence-electron chi connectivity index (χ3n) is 7.07. The number of hydrogen-bond donors (Lipinski definition) is 1. The second-order valence-corrected chi connectivity index (χ2v) is 9.31. The van der Waals surface area contributed by atoms with E-state index < -0.39 is 0 Å². The average molecular weight is 431 g/mol. The molecule has 7 heteroatoms. The minimum absolute atomic E-state index is 0.128. The predicted octanol–water partition coefficient (Wildman–Crippen LogP) is 2.55. The van der Waals surface area contributed by atoms with Crippen molar-refractivity contribution in [3.05, 3.63) is 17.3 Å². The molecule has 0 aromatic carbocycles. The summed E-state index contributed by atoms with van der Waals surface area (Å²) in [6.07, 6.45) is 7.41. The van der Waals surface area contributed by atoms with E-state index in [1.165, 1.54) is 31.4 Å². The van der Waals surface area contributed by atoms with Gasteiger partial charge in [0.1, 0.15) is 11.6 Å². The Hall–Kier alpha value is -1.86. The number of rotatable bonds is 8. The Bertz CT molecular complexity index is 741. The number of ether oxygens (including phenoxy) is 2. The number of anilines is 1. The van der Waals surface area contributed by atoms with Crippen molar-refractivity contribution >= 4 is 11.7 Å². The predicted molar refractivity (Wildman–Crippen MR) is 122 cm³/mol. The van der Waals surface area contributed by atoms with Gasteiger partial charge in [0.15, 0.2) is 0 Å². The number of fused-ring (bicyclic) bond motifs is 1. The highest BCUT2D eigenvalue weighted by Crippen LogP contribution is 2.34. The zero-order chi connectivity index (χ0) is 21.6. The first-order chi connectivity index (χ1) is 15.1. The van der Waals surface area contributed by atoms with E-state index in [0.717, 1.165) is 75.2 Å². The molecular weight excluding hydrogens is 392 g/mol. The number of carbonyl (C=O) groups excluding carboxylic acids is 1. The third kappa shape index (κ3) is 5.89. The molecule has 3 aliphatic rings. The van der Waals surface area contributed by atoms with Crippen LogP contribution in [-0.4, -0.2) is 74.9 Å². The van der Waals surface area contributed by atoms with Crippen LogP contribution in [0.1, 0.15) is 49.8 Å². The molecule has 1 saturated heterocycles.